The van der Waals surface area contributed by atoms with Crippen molar-refractivity contribution in [2.75, 3.05) is 12.8 Å². The molecule has 0 saturated carbocycles. The molecule has 0 aliphatic carbocycles. The number of rotatable bonds is 1. The summed E-state index contributed by atoms with van der Waals surface area (Å²) in [6.45, 7) is 0. The van der Waals surface area contributed by atoms with Crippen molar-refractivity contribution in [3.05, 3.63) is 11.8 Å². The van der Waals surface area contributed by atoms with Gasteiger partial charge in [0.15, 0.2) is 6.29 Å². The maximum Gasteiger partial charge on any atom is 0.155 e. The highest BCUT2D eigenvalue weighted by Crippen LogP contribution is 1.99. The topological polar surface area (TPSA) is 97.8 Å². The van der Waals surface area contributed by atoms with Crippen LogP contribution in [0.25, 0.3) is 0 Å². The fourth-order valence-electron chi connectivity index (χ4n) is 0.399. The van der Waals surface area contributed by atoms with E-state index in [4.69, 9.17) is 5.73 Å². The fraction of sp³-hybridized carbons (Fsp3) is 0.200. The minimum atomic E-state index is 0.319. The number of nitrogen functional groups attached to an aromatic ring is 1. The van der Waals surface area contributed by atoms with Crippen LogP contribution in [-0.2, 0) is 0 Å². The van der Waals surface area contributed by atoms with E-state index in [0.717, 1.165) is 0 Å². The Balaban J connectivity index is 0.000000371. The number of hydrogen-bond acceptors (Lipinski definition) is 4. The van der Waals surface area contributed by atoms with E-state index >= 15 is 0 Å². The number of anilines is 1. The largest absolute Gasteiger partial charge is 0.383 e. The van der Waals surface area contributed by atoms with Crippen LogP contribution in [0.5, 0.6) is 0 Å². The Morgan fingerprint density at radius 2 is 2.30 bits per heavy atom. The first-order chi connectivity index (χ1) is 4.84. The van der Waals surface area contributed by atoms with Crippen molar-refractivity contribution in [2.45, 2.75) is 0 Å². The standard InChI is InChI=1S/C4H5N3O.CH5N/c5-4-3(2-8)1-6-7-4;1-2/h1-2H,(H3,5,6,7);2H2,1H3. The molecular formula is C5H10N4O. The fourth-order valence-corrected chi connectivity index (χ4v) is 0.399. The first-order valence-electron chi connectivity index (χ1n) is 2.66. The molecule has 10 heavy (non-hydrogen) atoms. The Morgan fingerprint density at radius 3 is 2.50 bits per heavy atom. The zero-order valence-electron chi connectivity index (χ0n) is 5.66. The number of nitrogens with one attached hydrogen (secondary N) is 1. The van der Waals surface area contributed by atoms with Crippen molar-refractivity contribution in [3.63, 3.8) is 0 Å². The maximum atomic E-state index is 9.95. The van der Waals surface area contributed by atoms with Crippen LogP contribution in [0.4, 0.5) is 5.82 Å². The second kappa shape index (κ2) is 4.51. The van der Waals surface area contributed by atoms with Crippen molar-refractivity contribution in [3.8, 4) is 0 Å². The van der Waals surface area contributed by atoms with Crippen molar-refractivity contribution in [2.24, 2.45) is 5.73 Å². The lowest BCUT2D eigenvalue weighted by Crippen LogP contribution is -1.88. The molecular weight excluding hydrogens is 132 g/mol. The van der Waals surface area contributed by atoms with E-state index < -0.39 is 0 Å². The first-order valence-corrected chi connectivity index (χ1v) is 2.66. The number of H-pyrrole nitrogens is 1. The van der Waals surface area contributed by atoms with Crippen LogP contribution in [0.3, 0.4) is 0 Å². The number of aromatic nitrogens is 2. The predicted molar refractivity (Wildman–Crippen MR) is 38.5 cm³/mol. The van der Waals surface area contributed by atoms with Gasteiger partial charge < -0.3 is 11.5 Å². The number of nitrogens with two attached hydrogens (primary N) is 2. The summed E-state index contributed by atoms with van der Waals surface area (Å²) in [6, 6.07) is 0. The number of aldehydes is 1. The number of aromatic amines is 1. The quantitative estimate of drug-likeness (QED) is 0.455. The van der Waals surface area contributed by atoms with E-state index in [1.165, 1.54) is 13.2 Å². The smallest absolute Gasteiger partial charge is 0.155 e. The molecule has 0 aromatic carbocycles. The number of carbonyl (C=O) groups is 1. The second-order valence-corrected chi connectivity index (χ2v) is 1.36. The third-order valence-electron chi connectivity index (χ3n) is 0.827. The molecule has 0 saturated heterocycles. The minimum Gasteiger partial charge on any atom is -0.383 e. The molecule has 1 aromatic heterocycles. The van der Waals surface area contributed by atoms with Crippen LogP contribution in [0.1, 0.15) is 10.4 Å². The average Bonchev–Trinajstić information content (AvgIpc) is 2.39. The van der Waals surface area contributed by atoms with E-state index in [2.05, 4.69) is 15.9 Å². The highest BCUT2D eigenvalue weighted by atomic mass is 16.1. The summed E-state index contributed by atoms with van der Waals surface area (Å²) in [5.41, 5.74) is 10.1. The van der Waals surface area contributed by atoms with E-state index in [0.29, 0.717) is 17.7 Å². The van der Waals surface area contributed by atoms with Gasteiger partial charge in [-0.3, -0.25) is 9.89 Å². The summed E-state index contributed by atoms with van der Waals surface area (Å²) in [4.78, 5) is 9.95. The van der Waals surface area contributed by atoms with Gasteiger partial charge >= 0.3 is 0 Å². The third-order valence-corrected chi connectivity index (χ3v) is 0.827. The van der Waals surface area contributed by atoms with Gasteiger partial charge in [0.05, 0.1) is 11.8 Å². The van der Waals surface area contributed by atoms with Crippen LogP contribution in [0, 0.1) is 0 Å². The van der Waals surface area contributed by atoms with Crippen LogP contribution in [0.2, 0.25) is 0 Å². The van der Waals surface area contributed by atoms with Gasteiger partial charge in [-0.1, -0.05) is 0 Å². The minimum absolute atomic E-state index is 0.319. The SMILES string of the molecule is CN.Nc1[nH]ncc1C=O. The Bertz CT molecular complexity index is 195. The van der Waals surface area contributed by atoms with Gasteiger partial charge in [-0.05, 0) is 7.05 Å². The summed E-state index contributed by atoms with van der Waals surface area (Å²) in [5.74, 6) is 0.319. The Labute approximate surface area is 58.4 Å². The molecule has 0 aliphatic rings. The first kappa shape index (κ1) is 8.64. The Morgan fingerprint density at radius 1 is 1.70 bits per heavy atom. The normalized spacial score (nSPS) is 7.80. The molecule has 0 atom stereocenters. The van der Waals surface area contributed by atoms with Gasteiger partial charge in [0.1, 0.15) is 5.82 Å². The van der Waals surface area contributed by atoms with Crippen LogP contribution < -0.4 is 11.5 Å². The summed E-state index contributed by atoms with van der Waals surface area (Å²) < 4.78 is 0. The molecule has 0 unspecified atom stereocenters. The summed E-state index contributed by atoms with van der Waals surface area (Å²) in [7, 11) is 1.50. The average molecular weight is 142 g/mol. The van der Waals surface area contributed by atoms with Gasteiger partial charge in [0.25, 0.3) is 0 Å². The van der Waals surface area contributed by atoms with Gasteiger partial charge in [0, 0.05) is 0 Å². The van der Waals surface area contributed by atoms with Gasteiger partial charge in [-0.2, -0.15) is 5.10 Å². The lowest BCUT2D eigenvalue weighted by Gasteiger charge is -1.79. The number of hydrogen-bond donors (Lipinski definition) is 3. The molecule has 0 bridgehead atoms. The Kier molecular flexibility index (Phi) is 3.90. The second-order valence-electron chi connectivity index (χ2n) is 1.36. The van der Waals surface area contributed by atoms with Crippen molar-refractivity contribution < 1.29 is 4.79 Å². The molecule has 1 heterocycles. The molecule has 0 radical (unpaired) electrons. The Hall–Kier alpha value is -1.36. The van der Waals surface area contributed by atoms with Crippen molar-refractivity contribution >= 4 is 12.1 Å². The third kappa shape index (κ3) is 1.87. The number of nitrogens with zero attached hydrogens (tertiary/aromatic N) is 1. The molecule has 1 rings (SSSR count). The lowest BCUT2D eigenvalue weighted by atomic mass is 10.4. The highest BCUT2D eigenvalue weighted by molar-refractivity contribution is 5.80. The van der Waals surface area contributed by atoms with Crippen LogP contribution >= 0.6 is 0 Å². The summed E-state index contributed by atoms with van der Waals surface area (Å²) >= 11 is 0. The lowest BCUT2D eigenvalue weighted by molar-refractivity contribution is 0.112. The van der Waals surface area contributed by atoms with Crippen molar-refractivity contribution in [1.29, 1.82) is 0 Å². The molecule has 5 N–H and O–H groups in total. The highest BCUT2D eigenvalue weighted by Gasteiger charge is 1.94. The van der Waals surface area contributed by atoms with Crippen LogP contribution in [0.15, 0.2) is 6.20 Å². The monoisotopic (exact) mass is 142 g/mol. The molecule has 1 aromatic rings. The molecule has 5 heteroatoms. The molecule has 0 spiro atoms. The van der Waals surface area contributed by atoms with E-state index in [9.17, 15) is 4.79 Å². The van der Waals surface area contributed by atoms with Gasteiger partial charge in [0.2, 0.25) is 0 Å². The van der Waals surface area contributed by atoms with Crippen LogP contribution in [-0.4, -0.2) is 23.5 Å². The zero-order chi connectivity index (χ0) is 7.98. The summed E-state index contributed by atoms with van der Waals surface area (Å²) in [5, 5.41) is 5.93. The zero-order valence-corrected chi connectivity index (χ0v) is 5.66. The molecule has 0 amide bonds. The van der Waals surface area contributed by atoms with E-state index in [1.807, 2.05) is 0 Å². The molecule has 56 valence electrons. The van der Waals surface area contributed by atoms with E-state index in [1.54, 1.807) is 0 Å². The molecule has 5 nitrogen and oxygen atoms in total. The maximum absolute atomic E-state index is 9.95. The van der Waals surface area contributed by atoms with Gasteiger partial charge in [-0.15, -0.1) is 0 Å². The van der Waals surface area contributed by atoms with E-state index in [-0.39, 0.29) is 0 Å². The van der Waals surface area contributed by atoms with Gasteiger partial charge in [-0.25, -0.2) is 0 Å². The molecule has 0 aliphatic heterocycles. The number of carbonyl (C=O) groups excluding carboxylic acids is 1. The van der Waals surface area contributed by atoms with Crippen molar-refractivity contribution in [1.82, 2.24) is 10.2 Å². The molecule has 0 fully saturated rings. The summed E-state index contributed by atoms with van der Waals surface area (Å²) in [6.07, 6.45) is 2.03. The predicted octanol–water partition coefficient (Wildman–Crippen LogP) is -0.621.